The zero-order chi connectivity index (χ0) is 18.5. The Kier molecular flexibility index (Phi) is 4.92. The molecule has 4 aromatic rings. The van der Waals surface area contributed by atoms with Crippen LogP contribution in [0.5, 0.6) is 0 Å². The second-order valence-corrected chi connectivity index (χ2v) is 6.48. The van der Waals surface area contributed by atoms with Crippen LogP contribution in [0.4, 0.5) is 5.69 Å². The monoisotopic (exact) mass is 356 g/mol. The number of nitrogens with one attached hydrogen (secondary N) is 2. The molecule has 5 heteroatoms. The maximum Gasteiger partial charge on any atom is 0.224 e. The number of carbonyl (C=O) groups excluding carboxylic acids is 1. The number of pyridine rings is 2. The van der Waals surface area contributed by atoms with E-state index in [2.05, 4.69) is 50.6 Å². The first kappa shape index (κ1) is 17.0. The number of hydrogen-bond donors (Lipinski definition) is 2. The number of aromatic nitrogens is 3. The Morgan fingerprint density at radius 3 is 2.74 bits per heavy atom. The summed E-state index contributed by atoms with van der Waals surface area (Å²) >= 11 is 0. The van der Waals surface area contributed by atoms with E-state index in [1.165, 1.54) is 5.56 Å². The van der Waals surface area contributed by atoms with Crippen LogP contribution in [-0.2, 0) is 11.2 Å². The zero-order valence-electron chi connectivity index (χ0n) is 14.9. The molecule has 0 aliphatic heterocycles. The Balaban J connectivity index is 1.32. The number of hydrogen-bond acceptors (Lipinski definition) is 3. The number of amides is 1. The van der Waals surface area contributed by atoms with Crippen LogP contribution in [0.15, 0.2) is 73.3 Å². The molecule has 0 spiro atoms. The summed E-state index contributed by atoms with van der Waals surface area (Å²) in [4.78, 5) is 23.5. The van der Waals surface area contributed by atoms with Gasteiger partial charge in [-0.3, -0.25) is 9.78 Å². The summed E-state index contributed by atoms with van der Waals surface area (Å²) < 4.78 is 0. The van der Waals surface area contributed by atoms with Crippen LogP contribution in [0.2, 0.25) is 0 Å². The Morgan fingerprint density at radius 1 is 1.04 bits per heavy atom. The lowest BCUT2D eigenvalue weighted by Crippen LogP contribution is -2.11. The minimum atomic E-state index is 0.0190. The number of aromatic amines is 1. The zero-order valence-corrected chi connectivity index (χ0v) is 14.9. The fourth-order valence-electron chi connectivity index (χ4n) is 3.07. The van der Waals surface area contributed by atoms with E-state index in [-0.39, 0.29) is 5.91 Å². The summed E-state index contributed by atoms with van der Waals surface area (Å²) in [6.45, 7) is 0. The largest absolute Gasteiger partial charge is 0.346 e. The summed E-state index contributed by atoms with van der Waals surface area (Å²) in [6.07, 6.45) is 9.29. The van der Waals surface area contributed by atoms with E-state index in [0.29, 0.717) is 6.42 Å². The molecule has 27 heavy (non-hydrogen) atoms. The number of fused-ring (bicyclic) bond motifs is 1. The van der Waals surface area contributed by atoms with Gasteiger partial charge in [0.2, 0.25) is 5.91 Å². The molecule has 1 amide bonds. The average molecular weight is 356 g/mol. The van der Waals surface area contributed by atoms with E-state index < -0.39 is 0 Å². The number of H-pyrrole nitrogens is 1. The van der Waals surface area contributed by atoms with Crippen molar-refractivity contribution in [2.24, 2.45) is 0 Å². The summed E-state index contributed by atoms with van der Waals surface area (Å²) in [5.74, 6) is 0.0190. The van der Waals surface area contributed by atoms with Gasteiger partial charge in [-0.25, -0.2) is 4.98 Å². The van der Waals surface area contributed by atoms with Gasteiger partial charge in [0.25, 0.3) is 0 Å². The highest BCUT2D eigenvalue weighted by atomic mass is 16.1. The van der Waals surface area contributed by atoms with Gasteiger partial charge >= 0.3 is 0 Å². The third kappa shape index (κ3) is 4.20. The van der Waals surface area contributed by atoms with Crippen molar-refractivity contribution in [3.05, 3.63) is 78.9 Å². The maximum atomic E-state index is 12.0. The highest BCUT2D eigenvalue weighted by Crippen LogP contribution is 2.23. The van der Waals surface area contributed by atoms with Gasteiger partial charge in [-0.2, -0.15) is 0 Å². The highest BCUT2D eigenvalue weighted by molar-refractivity contribution is 5.90. The van der Waals surface area contributed by atoms with Crippen LogP contribution in [0.3, 0.4) is 0 Å². The molecular formula is C22H20N4O. The summed E-state index contributed by atoms with van der Waals surface area (Å²) in [7, 11) is 0. The summed E-state index contributed by atoms with van der Waals surface area (Å²) in [6, 6.07) is 16.3. The summed E-state index contributed by atoms with van der Waals surface area (Å²) in [5, 5.41) is 3.97. The second-order valence-electron chi connectivity index (χ2n) is 6.48. The van der Waals surface area contributed by atoms with Crippen molar-refractivity contribution in [1.29, 1.82) is 0 Å². The molecule has 0 unspecified atom stereocenters. The molecule has 134 valence electrons. The number of carbonyl (C=O) groups is 1. The minimum absolute atomic E-state index is 0.0190. The molecule has 4 rings (SSSR count). The Bertz CT molecular complexity index is 1040. The molecule has 5 nitrogen and oxygen atoms in total. The molecule has 0 radical (unpaired) electrons. The van der Waals surface area contributed by atoms with Gasteiger partial charge in [0.15, 0.2) is 0 Å². The fraction of sp³-hybridized carbons (Fsp3) is 0.136. The first-order valence-corrected chi connectivity index (χ1v) is 9.00. The molecule has 0 fully saturated rings. The van der Waals surface area contributed by atoms with Gasteiger partial charge in [-0.05, 0) is 48.2 Å². The maximum absolute atomic E-state index is 12.0. The van der Waals surface area contributed by atoms with Crippen molar-refractivity contribution in [2.45, 2.75) is 19.3 Å². The van der Waals surface area contributed by atoms with Crippen molar-refractivity contribution < 1.29 is 4.79 Å². The van der Waals surface area contributed by atoms with Gasteiger partial charge < -0.3 is 10.3 Å². The molecule has 0 aliphatic carbocycles. The summed E-state index contributed by atoms with van der Waals surface area (Å²) in [5.41, 5.74) is 5.11. The molecule has 1 aromatic carbocycles. The fourth-order valence-corrected chi connectivity index (χ4v) is 3.07. The van der Waals surface area contributed by atoms with Crippen molar-refractivity contribution in [3.63, 3.8) is 0 Å². The number of benzene rings is 1. The third-order valence-corrected chi connectivity index (χ3v) is 4.50. The molecule has 0 atom stereocenters. The van der Waals surface area contributed by atoms with E-state index in [1.807, 2.05) is 24.5 Å². The van der Waals surface area contributed by atoms with Crippen LogP contribution in [0.25, 0.3) is 22.2 Å². The van der Waals surface area contributed by atoms with Crippen LogP contribution in [0, 0.1) is 0 Å². The van der Waals surface area contributed by atoms with Crippen molar-refractivity contribution in [3.8, 4) is 11.1 Å². The van der Waals surface area contributed by atoms with E-state index in [9.17, 15) is 4.79 Å². The normalized spacial score (nSPS) is 10.8. The van der Waals surface area contributed by atoms with Crippen LogP contribution < -0.4 is 5.32 Å². The molecule has 0 aliphatic rings. The standard InChI is InChI=1S/C22H20N4O/c27-21(26-20-4-2-11-23-15-20)5-1-3-16-6-8-17(9-7-16)19-13-18-10-12-24-22(18)25-14-19/h2,4,6-15H,1,3,5H2,(H,24,25)(H,26,27). The van der Waals surface area contributed by atoms with E-state index in [1.54, 1.807) is 18.5 Å². The SMILES string of the molecule is O=C(CCCc1ccc(-c2cnc3[nH]ccc3c2)cc1)Nc1cccnc1. The second kappa shape index (κ2) is 7.83. The first-order valence-electron chi connectivity index (χ1n) is 9.00. The third-order valence-electron chi connectivity index (χ3n) is 4.50. The molecule has 0 bridgehead atoms. The van der Waals surface area contributed by atoms with E-state index in [0.717, 1.165) is 40.7 Å². The van der Waals surface area contributed by atoms with Gasteiger partial charge in [0.1, 0.15) is 5.65 Å². The Labute approximate surface area is 157 Å². The average Bonchev–Trinajstić information content (AvgIpc) is 3.17. The number of rotatable bonds is 6. The molecular weight excluding hydrogens is 336 g/mol. The van der Waals surface area contributed by atoms with Gasteiger partial charge in [-0.1, -0.05) is 24.3 Å². The smallest absolute Gasteiger partial charge is 0.224 e. The Hall–Kier alpha value is -3.47. The van der Waals surface area contributed by atoms with E-state index in [4.69, 9.17) is 0 Å². The number of anilines is 1. The first-order chi connectivity index (χ1) is 13.3. The number of nitrogens with zero attached hydrogens (tertiary/aromatic N) is 2. The molecule has 3 heterocycles. The Morgan fingerprint density at radius 2 is 1.93 bits per heavy atom. The van der Waals surface area contributed by atoms with Crippen molar-refractivity contribution in [1.82, 2.24) is 15.0 Å². The van der Waals surface area contributed by atoms with Gasteiger partial charge in [-0.15, -0.1) is 0 Å². The lowest BCUT2D eigenvalue weighted by Gasteiger charge is -2.06. The molecule has 0 saturated carbocycles. The van der Waals surface area contributed by atoms with Gasteiger partial charge in [0, 0.05) is 36.0 Å². The van der Waals surface area contributed by atoms with Crippen LogP contribution >= 0.6 is 0 Å². The number of aryl methyl sites for hydroxylation is 1. The lowest BCUT2D eigenvalue weighted by atomic mass is 10.0. The van der Waals surface area contributed by atoms with Crippen molar-refractivity contribution >= 4 is 22.6 Å². The molecule has 0 saturated heterocycles. The van der Waals surface area contributed by atoms with Crippen LogP contribution in [-0.4, -0.2) is 20.9 Å². The predicted octanol–water partition coefficient (Wildman–Crippen LogP) is 4.59. The van der Waals surface area contributed by atoms with Gasteiger partial charge in [0.05, 0.1) is 11.9 Å². The quantitative estimate of drug-likeness (QED) is 0.531. The van der Waals surface area contributed by atoms with Crippen LogP contribution in [0.1, 0.15) is 18.4 Å². The predicted molar refractivity (Wildman–Crippen MR) is 107 cm³/mol. The minimum Gasteiger partial charge on any atom is -0.346 e. The van der Waals surface area contributed by atoms with Crippen molar-refractivity contribution in [2.75, 3.05) is 5.32 Å². The molecule has 2 N–H and O–H groups in total. The molecule has 3 aromatic heterocycles. The van der Waals surface area contributed by atoms with E-state index >= 15 is 0 Å². The lowest BCUT2D eigenvalue weighted by molar-refractivity contribution is -0.116. The topological polar surface area (TPSA) is 70.7 Å². The highest BCUT2D eigenvalue weighted by Gasteiger charge is 2.04.